The molecule has 0 atom stereocenters. The second-order valence-electron chi connectivity index (χ2n) is 9.42. The molecule has 3 aromatic carbocycles. The first-order valence-corrected chi connectivity index (χ1v) is 13.7. The van der Waals surface area contributed by atoms with Gasteiger partial charge in [-0.15, -0.1) is 0 Å². The van der Waals surface area contributed by atoms with E-state index in [0.29, 0.717) is 46.3 Å². The van der Waals surface area contributed by atoms with Crippen molar-refractivity contribution in [2.24, 2.45) is 11.8 Å². The van der Waals surface area contributed by atoms with Crippen LogP contribution in [0, 0.1) is 11.8 Å². The van der Waals surface area contributed by atoms with Crippen molar-refractivity contribution < 1.29 is 13.2 Å². The van der Waals surface area contributed by atoms with Crippen LogP contribution >= 0.6 is 0 Å². The van der Waals surface area contributed by atoms with Gasteiger partial charge < -0.3 is 15.8 Å². The third kappa shape index (κ3) is 5.22. The fourth-order valence-corrected chi connectivity index (χ4v) is 6.07. The molecule has 5 rings (SSSR count). The Hall–Kier alpha value is -3.43. The topological polar surface area (TPSA) is 119 Å². The largest absolute Gasteiger partial charge is 0.494 e. The maximum Gasteiger partial charge on any atom is 0.240 e. The zero-order chi connectivity index (χ0) is 25.1. The zero-order valence-corrected chi connectivity index (χ0v) is 21.1. The van der Waals surface area contributed by atoms with E-state index in [1.54, 1.807) is 19.2 Å². The second kappa shape index (κ2) is 10.3. The van der Waals surface area contributed by atoms with E-state index >= 15 is 0 Å². The average Bonchev–Trinajstić information content (AvgIpc) is 2.91. The number of rotatable bonds is 8. The lowest BCUT2D eigenvalue weighted by molar-refractivity contribution is 0.284. The molecule has 9 heteroatoms. The van der Waals surface area contributed by atoms with Gasteiger partial charge in [0.25, 0.3) is 0 Å². The highest BCUT2D eigenvalue weighted by molar-refractivity contribution is 7.89. The Morgan fingerprint density at radius 3 is 2.39 bits per heavy atom. The number of nitrogens with two attached hydrogens (primary N) is 1. The summed E-state index contributed by atoms with van der Waals surface area (Å²) in [4.78, 5) is 9.32. The van der Waals surface area contributed by atoms with Crippen LogP contribution in [0.1, 0.15) is 25.7 Å². The molecule has 1 aliphatic rings. The van der Waals surface area contributed by atoms with Gasteiger partial charge in [-0.1, -0.05) is 36.4 Å². The van der Waals surface area contributed by atoms with Crippen LogP contribution < -0.4 is 20.5 Å². The summed E-state index contributed by atoms with van der Waals surface area (Å²) in [7, 11) is -1.93. The molecule has 1 aliphatic carbocycles. The van der Waals surface area contributed by atoms with Gasteiger partial charge in [-0.05, 0) is 72.6 Å². The molecule has 0 spiro atoms. The first kappa shape index (κ1) is 24.3. The molecule has 1 saturated carbocycles. The van der Waals surface area contributed by atoms with Crippen LogP contribution in [-0.2, 0) is 10.0 Å². The van der Waals surface area contributed by atoms with E-state index in [4.69, 9.17) is 10.5 Å². The zero-order valence-electron chi connectivity index (χ0n) is 20.3. The van der Waals surface area contributed by atoms with Gasteiger partial charge in [-0.2, -0.15) is 4.98 Å². The molecule has 8 nitrogen and oxygen atoms in total. The molecule has 0 unspecified atom stereocenters. The molecule has 0 amide bonds. The van der Waals surface area contributed by atoms with Gasteiger partial charge in [0.05, 0.1) is 12.0 Å². The maximum absolute atomic E-state index is 12.9. The highest BCUT2D eigenvalue weighted by Crippen LogP contribution is 2.30. The normalized spacial score (nSPS) is 18.4. The summed E-state index contributed by atoms with van der Waals surface area (Å²) in [5.41, 5.74) is 6.83. The number of hydrogen-bond acceptors (Lipinski definition) is 7. The van der Waals surface area contributed by atoms with Gasteiger partial charge in [0.15, 0.2) is 0 Å². The fourth-order valence-electron chi connectivity index (χ4n) is 4.91. The Bertz CT molecular complexity index is 1480. The number of ether oxygens (including phenoxy) is 1. The standard InChI is InChI=1S/C27H31N5O3S/c1-35-24-8-4-7-23-25(24)31-27(32-26(23)28)29-16-18-9-11-19(12-10-18)17-30-36(33,34)22-14-13-20-5-2-3-6-21(20)15-22/h2-8,13-15,18-19,30H,9-12,16-17H2,1H3,(H3,28,29,31,32). The summed E-state index contributed by atoms with van der Waals surface area (Å²) in [6.07, 6.45) is 3.98. The van der Waals surface area contributed by atoms with Gasteiger partial charge in [-0.3, -0.25) is 0 Å². The predicted molar refractivity (Wildman–Crippen MR) is 144 cm³/mol. The van der Waals surface area contributed by atoms with E-state index in [9.17, 15) is 8.42 Å². The number of hydrogen-bond donors (Lipinski definition) is 3. The highest BCUT2D eigenvalue weighted by atomic mass is 32.2. The number of methoxy groups -OCH3 is 1. The van der Waals surface area contributed by atoms with Crippen LogP contribution in [0.15, 0.2) is 65.6 Å². The molecule has 0 aliphatic heterocycles. The molecule has 1 aromatic heterocycles. The molecular formula is C27H31N5O3S. The van der Waals surface area contributed by atoms with Gasteiger partial charge in [0, 0.05) is 18.5 Å². The first-order valence-electron chi connectivity index (χ1n) is 12.3. The molecule has 36 heavy (non-hydrogen) atoms. The smallest absolute Gasteiger partial charge is 0.240 e. The van der Waals surface area contributed by atoms with Crippen molar-refractivity contribution in [2.45, 2.75) is 30.6 Å². The van der Waals surface area contributed by atoms with E-state index in [2.05, 4.69) is 20.0 Å². The number of sulfonamides is 1. The highest BCUT2D eigenvalue weighted by Gasteiger charge is 2.24. The predicted octanol–water partition coefficient (Wildman–Crippen LogP) is 4.57. The summed E-state index contributed by atoms with van der Waals surface area (Å²) in [5.74, 6) is 2.37. The lowest BCUT2D eigenvalue weighted by atomic mass is 9.82. The molecule has 188 valence electrons. The van der Waals surface area contributed by atoms with Gasteiger partial charge >= 0.3 is 0 Å². The Morgan fingerprint density at radius 2 is 1.64 bits per heavy atom. The lowest BCUT2D eigenvalue weighted by Crippen LogP contribution is -2.32. The van der Waals surface area contributed by atoms with Gasteiger partial charge in [0.1, 0.15) is 17.1 Å². The van der Waals surface area contributed by atoms with E-state index in [-0.39, 0.29) is 0 Å². The van der Waals surface area contributed by atoms with Crippen LogP contribution in [0.2, 0.25) is 0 Å². The number of anilines is 2. The van der Waals surface area contributed by atoms with Crippen LogP contribution in [0.5, 0.6) is 5.75 Å². The van der Waals surface area contributed by atoms with Gasteiger partial charge in [0.2, 0.25) is 16.0 Å². The summed E-state index contributed by atoms with van der Waals surface area (Å²) in [6, 6.07) is 18.6. The third-order valence-electron chi connectivity index (χ3n) is 7.05. The van der Waals surface area contributed by atoms with Crippen molar-refractivity contribution in [2.75, 3.05) is 31.2 Å². The lowest BCUT2D eigenvalue weighted by Gasteiger charge is -2.28. The molecular weight excluding hydrogens is 474 g/mol. The minimum atomic E-state index is -3.54. The molecule has 0 saturated heterocycles. The number of aromatic nitrogens is 2. The van der Waals surface area contributed by atoms with E-state index < -0.39 is 10.0 Å². The van der Waals surface area contributed by atoms with Crippen LogP contribution in [0.4, 0.5) is 11.8 Å². The molecule has 0 bridgehead atoms. The van der Waals surface area contributed by atoms with Crippen LogP contribution in [0.3, 0.4) is 0 Å². The average molecular weight is 506 g/mol. The van der Waals surface area contributed by atoms with Crippen molar-refractivity contribution in [3.8, 4) is 5.75 Å². The molecule has 1 heterocycles. The Labute approximate surface area is 211 Å². The Balaban J connectivity index is 1.13. The molecule has 0 radical (unpaired) electrons. The minimum absolute atomic E-state index is 0.311. The third-order valence-corrected chi connectivity index (χ3v) is 8.47. The van der Waals surface area contributed by atoms with Crippen LogP contribution in [-0.4, -0.2) is 38.6 Å². The minimum Gasteiger partial charge on any atom is -0.494 e. The summed E-state index contributed by atoms with van der Waals surface area (Å²) in [6.45, 7) is 1.20. The molecule has 4 N–H and O–H groups in total. The van der Waals surface area contributed by atoms with E-state index in [1.807, 2.05) is 48.5 Å². The Morgan fingerprint density at radius 1 is 0.917 bits per heavy atom. The van der Waals surface area contributed by atoms with Crippen molar-refractivity contribution in [3.63, 3.8) is 0 Å². The van der Waals surface area contributed by atoms with Gasteiger partial charge in [-0.25, -0.2) is 18.1 Å². The number of benzene rings is 3. The number of fused-ring (bicyclic) bond motifs is 2. The monoisotopic (exact) mass is 505 g/mol. The second-order valence-corrected chi connectivity index (χ2v) is 11.2. The summed E-state index contributed by atoms with van der Waals surface area (Å²) >= 11 is 0. The van der Waals surface area contributed by atoms with Crippen molar-refractivity contribution in [3.05, 3.63) is 60.7 Å². The first-order chi connectivity index (χ1) is 17.4. The summed E-state index contributed by atoms with van der Waals surface area (Å²) in [5, 5.41) is 6.05. The van der Waals surface area contributed by atoms with E-state index in [0.717, 1.165) is 48.4 Å². The van der Waals surface area contributed by atoms with Crippen molar-refractivity contribution in [1.82, 2.24) is 14.7 Å². The number of para-hydroxylation sites is 1. The Kier molecular flexibility index (Phi) is 6.93. The SMILES string of the molecule is COc1cccc2c(N)nc(NCC3CCC(CNS(=O)(=O)c4ccc5ccccc5c4)CC3)nc12. The summed E-state index contributed by atoms with van der Waals surface area (Å²) < 4.78 is 34.0. The number of nitrogens with zero attached hydrogens (tertiary/aromatic N) is 2. The van der Waals surface area contributed by atoms with E-state index in [1.165, 1.54) is 0 Å². The maximum atomic E-state index is 12.9. The number of nitrogen functional groups attached to an aromatic ring is 1. The molecule has 1 fully saturated rings. The van der Waals surface area contributed by atoms with Crippen LogP contribution in [0.25, 0.3) is 21.7 Å². The number of nitrogens with one attached hydrogen (secondary N) is 2. The quantitative estimate of drug-likeness (QED) is 0.321. The van der Waals surface area contributed by atoms with Crippen molar-refractivity contribution in [1.29, 1.82) is 0 Å². The molecule has 4 aromatic rings. The van der Waals surface area contributed by atoms with Crippen molar-refractivity contribution >= 4 is 43.5 Å². The fraction of sp³-hybridized carbons (Fsp3) is 0.333.